The summed E-state index contributed by atoms with van der Waals surface area (Å²) < 4.78 is 1.06. The van der Waals surface area contributed by atoms with E-state index < -0.39 is 0 Å². The van der Waals surface area contributed by atoms with Gasteiger partial charge in [0, 0.05) is 11.0 Å². The summed E-state index contributed by atoms with van der Waals surface area (Å²) in [5.74, 6) is 0.738. The normalized spacial score (nSPS) is 11.9. The summed E-state index contributed by atoms with van der Waals surface area (Å²) in [5.41, 5.74) is 14.0. The maximum atomic E-state index is 5.79. The number of nitrogens with two attached hydrogens (primary N) is 2. The van der Waals surface area contributed by atoms with Crippen LogP contribution in [0, 0.1) is 0 Å². The quantitative estimate of drug-likeness (QED) is 0.641. The van der Waals surface area contributed by atoms with Crippen LogP contribution in [0.1, 0.15) is 24.1 Å². The van der Waals surface area contributed by atoms with Crippen molar-refractivity contribution >= 4 is 33.8 Å². The molecule has 0 bridgehead atoms. The average molecular weight is 413 g/mol. The molecule has 0 aliphatic heterocycles. The molecule has 3 aromatic rings. The minimum Gasteiger partial charge on any atom is -0.368 e. The van der Waals surface area contributed by atoms with Gasteiger partial charge in [0.25, 0.3) is 0 Å². The molecule has 4 N–H and O–H groups in total. The summed E-state index contributed by atoms with van der Waals surface area (Å²) in [4.78, 5) is 14.6. The molecule has 0 unspecified atom stereocenters. The summed E-state index contributed by atoms with van der Waals surface area (Å²) >= 11 is 3.52. The topological polar surface area (TPSA) is 94.0 Å². The van der Waals surface area contributed by atoms with E-state index in [9.17, 15) is 0 Å². The lowest BCUT2D eigenvalue weighted by Gasteiger charge is -2.30. The molecule has 0 fully saturated rings. The van der Waals surface area contributed by atoms with Crippen molar-refractivity contribution < 1.29 is 0 Å². The average Bonchev–Trinajstić information content (AvgIpc) is 2.62. The van der Waals surface area contributed by atoms with Gasteiger partial charge in [-0.2, -0.15) is 15.0 Å². The second-order valence-electron chi connectivity index (χ2n) is 6.01. The van der Waals surface area contributed by atoms with Crippen molar-refractivity contribution in [2.24, 2.45) is 0 Å². The smallest absolute Gasteiger partial charge is 0.232 e. The van der Waals surface area contributed by atoms with Crippen LogP contribution in [-0.2, 0) is 6.42 Å². The van der Waals surface area contributed by atoms with Crippen molar-refractivity contribution in [2.45, 2.75) is 19.4 Å². The van der Waals surface area contributed by atoms with Crippen LogP contribution in [0.2, 0.25) is 0 Å². The molecule has 3 rings (SSSR count). The highest BCUT2D eigenvalue weighted by Gasteiger charge is 2.20. The van der Waals surface area contributed by atoms with Crippen LogP contribution in [0.25, 0.3) is 0 Å². The van der Waals surface area contributed by atoms with Gasteiger partial charge in [0.2, 0.25) is 17.8 Å². The summed E-state index contributed by atoms with van der Waals surface area (Å²) in [7, 11) is 0. The highest BCUT2D eigenvalue weighted by molar-refractivity contribution is 9.10. The molecule has 7 heteroatoms. The number of aromatic nitrogens is 3. The Hall–Kier alpha value is -2.67. The van der Waals surface area contributed by atoms with Crippen LogP contribution in [0.15, 0.2) is 59.1 Å². The van der Waals surface area contributed by atoms with E-state index in [1.807, 2.05) is 30.3 Å². The Morgan fingerprint density at radius 3 is 2.31 bits per heavy atom. The Labute approximate surface area is 161 Å². The maximum Gasteiger partial charge on any atom is 0.232 e. The summed E-state index contributed by atoms with van der Waals surface area (Å²) in [6.07, 6.45) is 0.835. The Balaban J connectivity index is 1.90. The lowest BCUT2D eigenvalue weighted by molar-refractivity contribution is 0.646. The molecule has 1 heterocycles. The molecule has 134 valence electrons. The van der Waals surface area contributed by atoms with Gasteiger partial charge in [-0.3, -0.25) is 0 Å². The third kappa shape index (κ3) is 4.49. The summed E-state index contributed by atoms with van der Waals surface area (Å²) in [6, 6.07) is 18.5. The van der Waals surface area contributed by atoms with Crippen LogP contribution in [0.3, 0.4) is 0 Å². The zero-order valence-corrected chi connectivity index (χ0v) is 16.1. The van der Waals surface area contributed by atoms with Crippen LogP contribution in [0.4, 0.5) is 17.8 Å². The van der Waals surface area contributed by atoms with Crippen molar-refractivity contribution in [3.63, 3.8) is 0 Å². The van der Waals surface area contributed by atoms with Crippen molar-refractivity contribution in [1.29, 1.82) is 0 Å². The Morgan fingerprint density at radius 2 is 1.65 bits per heavy atom. The predicted octanol–water partition coefficient (Wildman–Crippen LogP) is 3.61. The van der Waals surface area contributed by atoms with Gasteiger partial charge in [0.1, 0.15) is 0 Å². The molecule has 0 saturated carbocycles. The third-order valence-corrected chi connectivity index (χ3v) is 4.69. The highest BCUT2D eigenvalue weighted by atomic mass is 79.9. The number of nitrogen functional groups attached to an aromatic ring is 2. The van der Waals surface area contributed by atoms with Crippen molar-refractivity contribution in [3.05, 3.63) is 70.2 Å². The number of nitrogens with zero attached hydrogens (tertiary/aromatic N) is 4. The largest absolute Gasteiger partial charge is 0.368 e. The molecule has 2 aromatic carbocycles. The number of hydrogen-bond donors (Lipinski definition) is 2. The van der Waals surface area contributed by atoms with Crippen LogP contribution >= 0.6 is 15.9 Å². The molecular formula is C19H21BrN6. The highest BCUT2D eigenvalue weighted by Crippen LogP contribution is 2.25. The van der Waals surface area contributed by atoms with Crippen LogP contribution in [-0.4, -0.2) is 21.5 Å². The fraction of sp³-hybridized carbons (Fsp3) is 0.211. The zero-order valence-electron chi connectivity index (χ0n) is 14.5. The number of hydrogen-bond acceptors (Lipinski definition) is 6. The summed E-state index contributed by atoms with van der Waals surface area (Å²) in [5, 5.41) is 0. The van der Waals surface area contributed by atoms with Gasteiger partial charge in [-0.15, -0.1) is 0 Å². The predicted molar refractivity (Wildman–Crippen MR) is 109 cm³/mol. The fourth-order valence-electron chi connectivity index (χ4n) is 2.85. The van der Waals surface area contributed by atoms with Gasteiger partial charge in [-0.25, -0.2) is 0 Å². The van der Waals surface area contributed by atoms with Gasteiger partial charge in [0.15, 0.2) is 0 Å². The first kappa shape index (κ1) is 18.1. The van der Waals surface area contributed by atoms with Gasteiger partial charge in [-0.05, 0) is 36.6 Å². The third-order valence-electron chi connectivity index (χ3n) is 4.19. The van der Waals surface area contributed by atoms with E-state index in [4.69, 9.17) is 11.5 Å². The second kappa shape index (κ2) is 8.14. The van der Waals surface area contributed by atoms with Crippen molar-refractivity contribution in [1.82, 2.24) is 15.0 Å². The van der Waals surface area contributed by atoms with E-state index in [2.05, 4.69) is 67.0 Å². The van der Waals surface area contributed by atoms with Crippen molar-refractivity contribution in [3.8, 4) is 0 Å². The van der Waals surface area contributed by atoms with Gasteiger partial charge in [-0.1, -0.05) is 58.4 Å². The lowest BCUT2D eigenvalue weighted by Crippen LogP contribution is -2.31. The summed E-state index contributed by atoms with van der Waals surface area (Å²) in [6.45, 7) is 2.84. The van der Waals surface area contributed by atoms with E-state index in [1.165, 1.54) is 11.1 Å². The monoisotopic (exact) mass is 412 g/mol. The molecule has 1 atom stereocenters. The van der Waals surface area contributed by atoms with Gasteiger partial charge in [0.05, 0.1) is 6.04 Å². The lowest BCUT2D eigenvalue weighted by atomic mass is 10.1. The fourth-order valence-corrected chi connectivity index (χ4v) is 3.29. The van der Waals surface area contributed by atoms with Gasteiger partial charge >= 0.3 is 0 Å². The number of rotatable bonds is 6. The molecule has 1 aromatic heterocycles. The Morgan fingerprint density at radius 1 is 0.962 bits per heavy atom. The minimum absolute atomic E-state index is 0.0598. The maximum absolute atomic E-state index is 5.79. The first-order valence-corrected chi connectivity index (χ1v) is 9.15. The Kier molecular flexibility index (Phi) is 5.68. The first-order valence-electron chi connectivity index (χ1n) is 8.36. The molecule has 6 nitrogen and oxygen atoms in total. The van der Waals surface area contributed by atoms with Crippen LogP contribution in [0.5, 0.6) is 0 Å². The Bertz CT molecular complexity index is 851. The van der Waals surface area contributed by atoms with E-state index in [-0.39, 0.29) is 17.9 Å². The minimum atomic E-state index is 0.0598. The number of anilines is 3. The molecule has 0 radical (unpaired) electrons. The molecule has 0 amide bonds. The van der Waals surface area contributed by atoms with Crippen molar-refractivity contribution in [2.75, 3.05) is 22.9 Å². The van der Waals surface area contributed by atoms with E-state index in [0.717, 1.165) is 17.4 Å². The molecule has 0 saturated heterocycles. The number of benzene rings is 2. The first-order chi connectivity index (χ1) is 12.5. The molecule has 0 aliphatic carbocycles. The molecule has 0 spiro atoms. The number of halogens is 1. The second-order valence-corrected chi connectivity index (χ2v) is 6.93. The zero-order chi connectivity index (χ0) is 18.5. The van der Waals surface area contributed by atoms with E-state index in [0.29, 0.717) is 5.95 Å². The molecule has 0 aliphatic rings. The van der Waals surface area contributed by atoms with E-state index >= 15 is 0 Å². The van der Waals surface area contributed by atoms with E-state index in [1.54, 1.807) is 0 Å². The van der Waals surface area contributed by atoms with Gasteiger partial charge < -0.3 is 16.4 Å². The molecule has 26 heavy (non-hydrogen) atoms. The standard InChI is InChI=1S/C19H21BrN6/c1-13(15-7-3-2-4-8-15)26(19-24-17(21)23-18(22)25-19)11-10-14-6-5-9-16(20)12-14/h2-9,12-13H,10-11H2,1H3,(H4,21,22,23,24,25)/t13-/m0/s1. The SMILES string of the molecule is C[C@@H](c1ccccc1)N(CCc1cccc(Br)c1)c1nc(N)nc(N)n1. The molecular weight excluding hydrogens is 392 g/mol. The van der Waals surface area contributed by atoms with Crippen LogP contribution < -0.4 is 16.4 Å².